The van der Waals surface area contributed by atoms with Gasteiger partial charge in [0.25, 0.3) is 0 Å². The van der Waals surface area contributed by atoms with E-state index in [1.54, 1.807) is 11.8 Å². The van der Waals surface area contributed by atoms with Gasteiger partial charge >= 0.3 is 6.03 Å². The van der Waals surface area contributed by atoms with Gasteiger partial charge in [0, 0.05) is 47.7 Å². The van der Waals surface area contributed by atoms with Crippen LogP contribution in [0.5, 0.6) is 0 Å². The molecule has 8 nitrogen and oxygen atoms in total. The van der Waals surface area contributed by atoms with Gasteiger partial charge < -0.3 is 26.0 Å². The van der Waals surface area contributed by atoms with Crippen molar-refractivity contribution in [2.75, 3.05) is 32.8 Å². The van der Waals surface area contributed by atoms with Crippen molar-refractivity contribution in [2.45, 2.75) is 65.8 Å². The monoisotopic (exact) mass is 445 g/mol. The third kappa shape index (κ3) is 7.60. The molecule has 0 atom stereocenters. The fourth-order valence-corrected chi connectivity index (χ4v) is 3.70. The molecule has 0 radical (unpaired) electrons. The van der Waals surface area contributed by atoms with Crippen molar-refractivity contribution < 1.29 is 14.3 Å². The zero-order valence-electron chi connectivity index (χ0n) is 20.2. The van der Waals surface area contributed by atoms with Gasteiger partial charge in [0.2, 0.25) is 5.91 Å². The molecule has 8 heteroatoms. The number of morpholine rings is 1. The molecular weight excluding hydrogens is 406 g/mol. The first-order chi connectivity index (χ1) is 15.1. The van der Waals surface area contributed by atoms with E-state index in [-0.39, 0.29) is 11.6 Å². The summed E-state index contributed by atoms with van der Waals surface area (Å²) in [5, 5.41) is 6.23. The maximum absolute atomic E-state index is 12.5. The summed E-state index contributed by atoms with van der Waals surface area (Å²) in [6.45, 7) is 14.1. The maximum atomic E-state index is 12.5. The van der Waals surface area contributed by atoms with Crippen LogP contribution in [-0.2, 0) is 16.0 Å². The van der Waals surface area contributed by atoms with Crippen LogP contribution in [0.1, 0.15) is 63.9 Å². The van der Waals surface area contributed by atoms with Gasteiger partial charge in [-0.15, -0.1) is 0 Å². The Balaban J connectivity index is 0.000000380. The Labute approximate surface area is 192 Å². The number of hydrogen-bond acceptors (Lipinski definition) is 5. The lowest BCUT2D eigenvalue weighted by Gasteiger charge is -2.30. The highest BCUT2D eigenvalue weighted by Gasteiger charge is 2.22. The fourth-order valence-electron chi connectivity index (χ4n) is 3.70. The number of carbonyl (C=O) groups excluding carboxylic acids is 2. The molecule has 32 heavy (non-hydrogen) atoms. The van der Waals surface area contributed by atoms with Crippen molar-refractivity contribution in [1.82, 2.24) is 20.5 Å². The second-order valence-corrected chi connectivity index (χ2v) is 9.05. The quantitative estimate of drug-likeness (QED) is 0.604. The number of likely N-dealkylation sites (tertiary alicyclic amines) is 1. The van der Waals surface area contributed by atoms with Gasteiger partial charge in [-0.1, -0.05) is 13.3 Å². The minimum Gasteiger partial charge on any atom is -0.378 e. The molecule has 0 spiro atoms. The summed E-state index contributed by atoms with van der Waals surface area (Å²) >= 11 is 0. The number of aromatic nitrogens is 1. The number of primary amides is 1. The van der Waals surface area contributed by atoms with E-state index >= 15 is 0 Å². The van der Waals surface area contributed by atoms with Crippen LogP contribution in [0.2, 0.25) is 0 Å². The highest BCUT2D eigenvalue weighted by atomic mass is 16.5. The molecule has 0 aromatic carbocycles. The highest BCUT2D eigenvalue weighted by molar-refractivity contribution is 6.02. The van der Waals surface area contributed by atoms with E-state index in [0.717, 1.165) is 75.5 Å². The molecule has 2 saturated heterocycles. The van der Waals surface area contributed by atoms with E-state index < -0.39 is 5.91 Å². The number of hydrogen-bond donors (Lipinski definition) is 3. The number of nitrogens with two attached hydrogens (primary N) is 1. The lowest BCUT2D eigenvalue weighted by molar-refractivity contribution is -0.114. The predicted octanol–water partition coefficient (Wildman–Crippen LogP) is 2.75. The van der Waals surface area contributed by atoms with Crippen molar-refractivity contribution in [3.8, 4) is 0 Å². The average molecular weight is 446 g/mol. The molecule has 4 N–H and O–H groups in total. The van der Waals surface area contributed by atoms with Crippen LogP contribution in [0.25, 0.3) is 5.70 Å². The number of urea groups is 1. The van der Waals surface area contributed by atoms with Gasteiger partial charge in [0.05, 0.1) is 18.9 Å². The summed E-state index contributed by atoms with van der Waals surface area (Å²) in [6.07, 6.45) is 3.71. The number of carbonyl (C=O) groups is 2. The smallest absolute Gasteiger partial charge is 0.321 e. The summed E-state index contributed by atoms with van der Waals surface area (Å²) in [5.41, 5.74) is 9.03. The molecule has 2 fully saturated rings. The van der Waals surface area contributed by atoms with Gasteiger partial charge in [0.1, 0.15) is 0 Å². The number of rotatable bonds is 5. The van der Waals surface area contributed by atoms with E-state index in [4.69, 9.17) is 10.5 Å². The normalized spacial score (nSPS) is 18.3. The van der Waals surface area contributed by atoms with Crippen molar-refractivity contribution >= 4 is 17.6 Å². The summed E-state index contributed by atoms with van der Waals surface area (Å²) in [6, 6.07) is 3.59. The van der Waals surface area contributed by atoms with E-state index in [1.165, 1.54) is 0 Å². The minimum atomic E-state index is -0.547. The number of amides is 3. The number of nitrogens with zero attached hydrogens (tertiary/aromatic N) is 2. The van der Waals surface area contributed by atoms with E-state index in [0.29, 0.717) is 11.3 Å². The minimum absolute atomic E-state index is 0.189. The molecule has 0 aliphatic carbocycles. The summed E-state index contributed by atoms with van der Waals surface area (Å²) in [4.78, 5) is 30.6. The molecule has 0 unspecified atom stereocenters. The van der Waals surface area contributed by atoms with E-state index in [2.05, 4.69) is 36.4 Å². The lowest BCUT2D eigenvalue weighted by atomic mass is 10.0. The third-order valence-corrected chi connectivity index (χ3v) is 5.55. The zero-order valence-corrected chi connectivity index (χ0v) is 20.2. The lowest BCUT2D eigenvalue weighted by Crippen LogP contribution is -2.49. The zero-order chi connectivity index (χ0) is 23.7. The Hall–Kier alpha value is -2.45. The summed E-state index contributed by atoms with van der Waals surface area (Å²) < 4.78 is 5.22. The maximum Gasteiger partial charge on any atom is 0.321 e. The molecule has 2 aliphatic rings. The van der Waals surface area contributed by atoms with Crippen molar-refractivity contribution in [2.24, 2.45) is 5.73 Å². The van der Waals surface area contributed by atoms with Crippen LogP contribution < -0.4 is 16.4 Å². The molecule has 0 bridgehead atoms. The molecule has 178 valence electrons. The second-order valence-electron chi connectivity index (χ2n) is 9.05. The van der Waals surface area contributed by atoms with E-state index in [9.17, 15) is 9.59 Å². The van der Waals surface area contributed by atoms with Crippen LogP contribution in [-0.4, -0.2) is 60.2 Å². The third-order valence-electron chi connectivity index (χ3n) is 5.55. The van der Waals surface area contributed by atoms with Crippen LogP contribution in [0.15, 0.2) is 17.7 Å². The average Bonchev–Trinajstić information content (AvgIpc) is 3.27. The molecule has 1 aromatic heterocycles. The first kappa shape index (κ1) is 25.8. The Kier molecular flexibility index (Phi) is 9.65. The number of pyridine rings is 1. The second kappa shape index (κ2) is 12.0. The standard InChI is InChI=1S/C18H26N4O2.C6H13NO/c1-4-7-15-14(9-8-12(2)20-15)16(13(3)17(19)23)21-18(24)22-10-5-6-11-22;1-6(2)5-8-4-3-7-6/h8-9H,4-7,10-11H2,1-3H3,(H2,19,23)(H,21,24);7H,3-5H2,1-2H3/b16-13-;. The Morgan fingerprint density at radius 2 is 1.97 bits per heavy atom. The molecule has 3 amide bonds. The van der Waals surface area contributed by atoms with Gasteiger partial charge in [-0.3, -0.25) is 9.78 Å². The summed E-state index contributed by atoms with van der Waals surface area (Å²) in [5.74, 6) is -0.547. The molecule has 0 saturated carbocycles. The van der Waals surface area contributed by atoms with Crippen LogP contribution in [0, 0.1) is 6.92 Å². The van der Waals surface area contributed by atoms with Crippen molar-refractivity contribution in [1.29, 1.82) is 0 Å². The van der Waals surface area contributed by atoms with Crippen LogP contribution in [0.3, 0.4) is 0 Å². The molecule has 3 rings (SSSR count). The summed E-state index contributed by atoms with van der Waals surface area (Å²) in [7, 11) is 0. The van der Waals surface area contributed by atoms with Crippen LogP contribution >= 0.6 is 0 Å². The molecule has 1 aromatic rings. The number of ether oxygens (including phenoxy) is 1. The number of aryl methyl sites for hydroxylation is 2. The molecule has 2 aliphatic heterocycles. The van der Waals surface area contributed by atoms with E-state index in [1.807, 2.05) is 19.1 Å². The topological polar surface area (TPSA) is 110 Å². The molecule has 3 heterocycles. The largest absolute Gasteiger partial charge is 0.378 e. The highest BCUT2D eigenvalue weighted by Crippen LogP contribution is 2.22. The van der Waals surface area contributed by atoms with Crippen molar-refractivity contribution in [3.63, 3.8) is 0 Å². The Morgan fingerprint density at radius 1 is 1.28 bits per heavy atom. The van der Waals surface area contributed by atoms with Gasteiger partial charge in [0.15, 0.2) is 0 Å². The Morgan fingerprint density at radius 3 is 2.47 bits per heavy atom. The van der Waals surface area contributed by atoms with Crippen LogP contribution in [0.4, 0.5) is 4.79 Å². The predicted molar refractivity (Wildman–Crippen MR) is 127 cm³/mol. The van der Waals surface area contributed by atoms with Crippen molar-refractivity contribution in [3.05, 3.63) is 34.7 Å². The van der Waals surface area contributed by atoms with Gasteiger partial charge in [-0.2, -0.15) is 0 Å². The first-order valence-corrected chi connectivity index (χ1v) is 11.5. The molecular formula is C24H39N5O3. The SMILES string of the molecule is CC1(C)COCCN1.CCCc1nc(C)ccc1/C(NC(=O)N1CCCC1)=C(\C)C(N)=O. The Bertz CT molecular complexity index is 821. The van der Waals surface area contributed by atoms with Gasteiger partial charge in [-0.05, 0) is 59.1 Å². The first-order valence-electron chi connectivity index (χ1n) is 11.5. The van der Waals surface area contributed by atoms with Gasteiger partial charge in [-0.25, -0.2) is 4.79 Å². The number of nitrogens with one attached hydrogen (secondary N) is 2. The fraction of sp³-hybridized carbons (Fsp3) is 0.625.